The largest absolute Gasteiger partial charge is 0.476 e. The number of hydrogen-bond acceptors (Lipinski definition) is 15. The zero-order valence-corrected chi connectivity index (χ0v) is 25.4. The van der Waals surface area contributed by atoms with Crippen molar-refractivity contribution in [1.29, 1.82) is 0 Å². The van der Waals surface area contributed by atoms with Crippen LogP contribution < -0.4 is 0 Å². The Balaban J connectivity index is 3.14. The van der Waals surface area contributed by atoms with Crippen molar-refractivity contribution in [3.63, 3.8) is 0 Å². The van der Waals surface area contributed by atoms with E-state index in [1.54, 1.807) is 0 Å². The van der Waals surface area contributed by atoms with Gasteiger partial charge in [-0.2, -0.15) is 0 Å². The Morgan fingerprint density at radius 1 is 0.432 bits per heavy atom. The summed E-state index contributed by atoms with van der Waals surface area (Å²) >= 11 is 0. The van der Waals surface area contributed by atoms with Crippen LogP contribution in [0.5, 0.6) is 0 Å². The first-order chi connectivity index (χ1) is 21.5. The molecular formula is C28H48O16. The molecule has 0 fully saturated rings. The Labute approximate surface area is 258 Å². The number of carbonyl (C=O) groups is 4. The van der Waals surface area contributed by atoms with Crippen molar-refractivity contribution in [3.8, 4) is 0 Å². The predicted molar refractivity (Wildman–Crippen MR) is 151 cm³/mol. The van der Waals surface area contributed by atoms with Crippen LogP contribution >= 0.6 is 0 Å². The van der Waals surface area contributed by atoms with Crippen LogP contribution in [0.1, 0.15) is 12.8 Å². The molecule has 0 aromatic rings. The van der Waals surface area contributed by atoms with E-state index in [1.165, 1.54) is 0 Å². The molecule has 256 valence electrons. The highest BCUT2D eigenvalue weighted by Crippen LogP contribution is 1.95. The van der Waals surface area contributed by atoms with Gasteiger partial charge in [0.1, 0.15) is 13.2 Å². The van der Waals surface area contributed by atoms with Crippen LogP contribution in [0.4, 0.5) is 0 Å². The Kier molecular flexibility index (Phi) is 31.4. The molecule has 44 heavy (non-hydrogen) atoms. The Bertz CT molecular complexity index is 732. The van der Waals surface area contributed by atoms with Crippen molar-refractivity contribution >= 4 is 23.7 Å². The van der Waals surface area contributed by atoms with E-state index in [0.29, 0.717) is 112 Å². The van der Waals surface area contributed by atoms with Gasteiger partial charge < -0.3 is 57.2 Å². The number of esters is 2. The SMILES string of the molecule is C=CC(=O)OCCOCCOCCOCCOCCOCCOCCOCCOCCOCCOC(=O)CCC(=O)C(=O)O. The summed E-state index contributed by atoms with van der Waals surface area (Å²) in [5.74, 6) is -3.72. The predicted octanol–water partition coefficient (Wildman–Crippen LogP) is -0.158. The Morgan fingerprint density at radius 3 is 0.977 bits per heavy atom. The molecule has 0 aliphatic carbocycles. The molecule has 0 saturated heterocycles. The third kappa shape index (κ3) is 32.4. The van der Waals surface area contributed by atoms with Gasteiger partial charge in [0, 0.05) is 12.5 Å². The average Bonchev–Trinajstić information content (AvgIpc) is 3.02. The molecule has 0 saturated carbocycles. The lowest BCUT2D eigenvalue weighted by atomic mass is 10.2. The second kappa shape index (κ2) is 33.4. The molecule has 0 aromatic heterocycles. The maximum Gasteiger partial charge on any atom is 0.372 e. The van der Waals surface area contributed by atoms with Crippen LogP contribution in [0.2, 0.25) is 0 Å². The van der Waals surface area contributed by atoms with Gasteiger partial charge in [0.2, 0.25) is 5.78 Å². The molecule has 1 N–H and O–H groups in total. The molecule has 0 unspecified atom stereocenters. The zero-order chi connectivity index (χ0) is 32.4. The summed E-state index contributed by atoms with van der Waals surface area (Å²) in [6.07, 6.45) is 0.435. The highest BCUT2D eigenvalue weighted by molar-refractivity contribution is 6.32. The fourth-order valence-corrected chi connectivity index (χ4v) is 2.73. The summed E-state index contributed by atoms with van der Waals surface area (Å²) in [7, 11) is 0. The topological polar surface area (TPSA) is 190 Å². The second-order valence-corrected chi connectivity index (χ2v) is 8.33. The standard InChI is InChI=1S/C28H48O16/c1-2-26(30)43-23-21-41-19-17-39-15-13-37-11-9-35-7-5-34-6-8-36-10-12-38-14-16-40-18-20-42-22-24-44-27(31)4-3-25(29)28(32)33/h2H,1,3-24H2,(H,32,33). The van der Waals surface area contributed by atoms with E-state index < -0.39 is 23.7 Å². The molecular weight excluding hydrogens is 592 g/mol. The maximum atomic E-state index is 11.3. The summed E-state index contributed by atoms with van der Waals surface area (Å²) in [6.45, 7) is 10.8. The molecule has 0 rings (SSSR count). The minimum atomic E-state index is -1.57. The first kappa shape index (κ1) is 41.5. The monoisotopic (exact) mass is 640 g/mol. The number of carboxylic acids is 1. The quantitative estimate of drug-likeness (QED) is 0.0416. The summed E-state index contributed by atoms with van der Waals surface area (Å²) in [5.41, 5.74) is 0. The van der Waals surface area contributed by atoms with Gasteiger partial charge in [-0.05, 0) is 0 Å². The van der Waals surface area contributed by atoms with Crippen molar-refractivity contribution in [2.45, 2.75) is 12.8 Å². The van der Waals surface area contributed by atoms with E-state index >= 15 is 0 Å². The van der Waals surface area contributed by atoms with Gasteiger partial charge in [-0.15, -0.1) is 0 Å². The van der Waals surface area contributed by atoms with Crippen molar-refractivity contribution in [1.82, 2.24) is 0 Å². The van der Waals surface area contributed by atoms with Gasteiger partial charge >= 0.3 is 17.9 Å². The number of Topliss-reactive ketones (excluding diaryl/α,β-unsaturated/α-hetero) is 1. The van der Waals surface area contributed by atoms with Crippen LogP contribution in [0.3, 0.4) is 0 Å². The smallest absolute Gasteiger partial charge is 0.372 e. The van der Waals surface area contributed by atoms with Crippen LogP contribution in [-0.2, 0) is 71.3 Å². The highest BCUT2D eigenvalue weighted by atomic mass is 16.6. The fourth-order valence-electron chi connectivity index (χ4n) is 2.73. The lowest BCUT2D eigenvalue weighted by Crippen LogP contribution is -2.17. The van der Waals surface area contributed by atoms with Crippen molar-refractivity contribution in [2.75, 3.05) is 132 Å². The Hall–Kier alpha value is -2.54. The van der Waals surface area contributed by atoms with Crippen molar-refractivity contribution in [3.05, 3.63) is 12.7 Å². The number of ether oxygens (including phenoxy) is 11. The molecule has 0 spiro atoms. The van der Waals surface area contributed by atoms with Gasteiger partial charge in [-0.25, -0.2) is 9.59 Å². The van der Waals surface area contributed by atoms with Crippen LogP contribution in [0, 0.1) is 0 Å². The van der Waals surface area contributed by atoms with E-state index in [-0.39, 0.29) is 32.7 Å². The van der Waals surface area contributed by atoms with E-state index in [4.69, 9.17) is 57.2 Å². The highest BCUT2D eigenvalue weighted by Gasteiger charge is 2.14. The minimum Gasteiger partial charge on any atom is -0.476 e. The van der Waals surface area contributed by atoms with Crippen molar-refractivity contribution in [2.24, 2.45) is 0 Å². The molecule has 0 amide bonds. The van der Waals surface area contributed by atoms with Crippen molar-refractivity contribution < 1.29 is 76.4 Å². The lowest BCUT2D eigenvalue weighted by Gasteiger charge is -2.09. The number of carbonyl (C=O) groups excluding carboxylic acids is 3. The normalized spacial score (nSPS) is 10.9. The first-order valence-corrected chi connectivity index (χ1v) is 14.4. The first-order valence-electron chi connectivity index (χ1n) is 14.4. The van der Waals surface area contributed by atoms with Gasteiger partial charge in [-0.1, -0.05) is 6.58 Å². The second-order valence-electron chi connectivity index (χ2n) is 8.33. The number of hydrogen-bond donors (Lipinski definition) is 1. The molecule has 0 radical (unpaired) electrons. The number of rotatable bonds is 35. The summed E-state index contributed by atoms with van der Waals surface area (Å²) in [5, 5.41) is 8.43. The third-order valence-electron chi connectivity index (χ3n) is 4.90. The number of carboxylic acid groups (broad SMARTS) is 1. The van der Waals surface area contributed by atoms with Crippen LogP contribution in [-0.4, -0.2) is 161 Å². The number of aliphatic carboxylic acids is 1. The van der Waals surface area contributed by atoms with Gasteiger partial charge in [0.05, 0.1) is 125 Å². The zero-order valence-electron chi connectivity index (χ0n) is 25.4. The van der Waals surface area contributed by atoms with E-state index in [0.717, 1.165) is 6.08 Å². The fraction of sp³-hybridized carbons (Fsp3) is 0.786. The van der Waals surface area contributed by atoms with E-state index in [2.05, 4.69) is 6.58 Å². The molecule has 0 atom stereocenters. The molecule has 16 heteroatoms. The lowest BCUT2D eigenvalue weighted by molar-refractivity contribution is -0.151. The summed E-state index contributed by atoms with van der Waals surface area (Å²) in [4.78, 5) is 43.4. The molecule has 0 heterocycles. The summed E-state index contributed by atoms with van der Waals surface area (Å²) < 4.78 is 57.8. The summed E-state index contributed by atoms with van der Waals surface area (Å²) in [6, 6.07) is 0. The van der Waals surface area contributed by atoms with Gasteiger partial charge in [0.15, 0.2) is 0 Å². The molecule has 0 bridgehead atoms. The van der Waals surface area contributed by atoms with Gasteiger partial charge in [0.25, 0.3) is 0 Å². The molecule has 0 aromatic carbocycles. The van der Waals surface area contributed by atoms with Crippen LogP contribution in [0.25, 0.3) is 0 Å². The molecule has 16 nitrogen and oxygen atoms in total. The minimum absolute atomic E-state index is 0.00940. The molecule has 0 aliphatic rings. The van der Waals surface area contributed by atoms with Gasteiger partial charge in [-0.3, -0.25) is 9.59 Å². The Morgan fingerprint density at radius 2 is 0.705 bits per heavy atom. The van der Waals surface area contributed by atoms with E-state index in [1.807, 2.05) is 0 Å². The third-order valence-corrected chi connectivity index (χ3v) is 4.90. The number of ketones is 1. The van der Waals surface area contributed by atoms with E-state index in [9.17, 15) is 19.2 Å². The molecule has 0 aliphatic heterocycles. The average molecular weight is 641 g/mol. The maximum absolute atomic E-state index is 11.3. The van der Waals surface area contributed by atoms with Crippen LogP contribution in [0.15, 0.2) is 12.7 Å².